The fourth-order valence-electron chi connectivity index (χ4n) is 2.98. The maximum atomic E-state index is 12.6. The molecule has 7 heteroatoms. The number of fused-ring (bicyclic) bond motifs is 1. The molecule has 3 aromatic rings. The van der Waals surface area contributed by atoms with Crippen LogP contribution in [-0.4, -0.2) is 19.8 Å². The van der Waals surface area contributed by atoms with Crippen LogP contribution in [0.4, 0.5) is 5.69 Å². The zero-order valence-corrected chi connectivity index (χ0v) is 16.6. The zero-order chi connectivity index (χ0) is 21.6. The SMILES string of the molecule is COc1cc(/C=C(\C#N)C(=O)Nc2ccc(Oc3ccccc3)cc2)cc2c1OCO2. The van der Waals surface area contributed by atoms with Crippen molar-refractivity contribution in [1.29, 1.82) is 5.26 Å². The minimum absolute atomic E-state index is 0.0643. The molecule has 1 amide bonds. The summed E-state index contributed by atoms with van der Waals surface area (Å²) in [5.74, 6) is 2.28. The van der Waals surface area contributed by atoms with E-state index in [-0.39, 0.29) is 12.4 Å². The summed E-state index contributed by atoms with van der Waals surface area (Å²) in [6, 6.07) is 21.6. The lowest BCUT2D eigenvalue weighted by Crippen LogP contribution is -2.13. The molecule has 0 aliphatic carbocycles. The van der Waals surface area contributed by atoms with E-state index in [2.05, 4.69) is 5.32 Å². The Bertz CT molecular complexity index is 1170. The van der Waals surface area contributed by atoms with Crippen LogP contribution in [0.5, 0.6) is 28.7 Å². The normalized spacial score (nSPS) is 12.1. The van der Waals surface area contributed by atoms with E-state index >= 15 is 0 Å². The molecule has 0 spiro atoms. The van der Waals surface area contributed by atoms with Crippen molar-refractivity contribution in [3.05, 3.63) is 77.9 Å². The molecule has 0 saturated carbocycles. The smallest absolute Gasteiger partial charge is 0.266 e. The molecule has 31 heavy (non-hydrogen) atoms. The number of nitrogens with zero attached hydrogens (tertiary/aromatic N) is 1. The van der Waals surface area contributed by atoms with E-state index in [1.165, 1.54) is 13.2 Å². The monoisotopic (exact) mass is 414 g/mol. The molecule has 7 nitrogen and oxygen atoms in total. The number of hydrogen-bond donors (Lipinski definition) is 1. The van der Waals surface area contributed by atoms with Crippen molar-refractivity contribution >= 4 is 17.7 Å². The van der Waals surface area contributed by atoms with Gasteiger partial charge in [0, 0.05) is 5.69 Å². The first kappa shape index (κ1) is 19.9. The number of nitriles is 1. The van der Waals surface area contributed by atoms with E-state index in [9.17, 15) is 10.1 Å². The van der Waals surface area contributed by atoms with Crippen LogP contribution < -0.4 is 24.3 Å². The first-order valence-electron chi connectivity index (χ1n) is 9.40. The summed E-state index contributed by atoms with van der Waals surface area (Å²) in [4.78, 5) is 12.6. The average Bonchev–Trinajstić information content (AvgIpc) is 3.27. The van der Waals surface area contributed by atoms with Gasteiger partial charge in [-0.3, -0.25) is 4.79 Å². The summed E-state index contributed by atoms with van der Waals surface area (Å²) in [7, 11) is 1.51. The number of anilines is 1. The van der Waals surface area contributed by atoms with Crippen molar-refractivity contribution in [1.82, 2.24) is 0 Å². The summed E-state index contributed by atoms with van der Waals surface area (Å²) >= 11 is 0. The molecule has 0 radical (unpaired) electrons. The molecular formula is C24H18N2O5. The van der Waals surface area contributed by atoms with Crippen LogP contribution in [0.25, 0.3) is 6.08 Å². The number of carbonyl (C=O) groups excluding carboxylic acids is 1. The second kappa shape index (κ2) is 8.93. The highest BCUT2D eigenvalue weighted by Crippen LogP contribution is 2.42. The van der Waals surface area contributed by atoms with Crippen LogP contribution in [0, 0.1) is 11.3 Å². The molecule has 154 valence electrons. The maximum absolute atomic E-state index is 12.6. The van der Waals surface area contributed by atoms with Gasteiger partial charge in [0.05, 0.1) is 7.11 Å². The number of para-hydroxylation sites is 1. The number of hydrogen-bond acceptors (Lipinski definition) is 6. The predicted octanol–water partition coefficient (Wildman–Crippen LogP) is 4.76. The number of carbonyl (C=O) groups is 1. The van der Waals surface area contributed by atoms with Crippen LogP contribution in [0.1, 0.15) is 5.56 Å². The summed E-state index contributed by atoms with van der Waals surface area (Å²) in [5, 5.41) is 12.2. The number of methoxy groups -OCH3 is 1. The molecule has 0 unspecified atom stereocenters. The highest BCUT2D eigenvalue weighted by molar-refractivity contribution is 6.09. The number of amides is 1. The van der Waals surface area contributed by atoms with Crippen molar-refractivity contribution in [2.75, 3.05) is 19.2 Å². The summed E-state index contributed by atoms with van der Waals surface area (Å²) in [6.45, 7) is 0.0917. The lowest BCUT2D eigenvalue weighted by atomic mass is 10.1. The highest BCUT2D eigenvalue weighted by atomic mass is 16.7. The van der Waals surface area contributed by atoms with Gasteiger partial charge in [-0.15, -0.1) is 0 Å². The molecule has 1 N–H and O–H groups in total. The standard InChI is InChI=1S/C24H18N2O5/c1-28-21-12-16(13-22-23(21)30-15-29-22)11-17(14-25)24(27)26-18-7-9-20(10-8-18)31-19-5-3-2-4-6-19/h2-13H,15H2,1H3,(H,26,27)/b17-11+. The van der Waals surface area contributed by atoms with Gasteiger partial charge in [0.2, 0.25) is 12.5 Å². The van der Waals surface area contributed by atoms with Gasteiger partial charge in [0.1, 0.15) is 23.1 Å². The van der Waals surface area contributed by atoms with Crippen LogP contribution >= 0.6 is 0 Å². The van der Waals surface area contributed by atoms with Crippen molar-refractivity contribution < 1.29 is 23.7 Å². The van der Waals surface area contributed by atoms with E-state index < -0.39 is 5.91 Å². The molecule has 1 aliphatic heterocycles. The van der Waals surface area contributed by atoms with Crippen molar-refractivity contribution in [3.8, 4) is 34.8 Å². The summed E-state index contributed by atoms with van der Waals surface area (Å²) in [5.41, 5.74) is 1.06. The molecule has 0 bridgehead atoms. The van der Waals surface area contributed by atoms with Gasteiger partial charge in [-0.1, -0.05) is 18.2 Å². The molecule has 0 atom stereocenters. The number of nitrogens with one attached hydrogen (secondary N) is 1. The molecule has 1 heterocycles. The van der Waals surface area contributed by atoms with Gasteiger partial charge in [-0.2, -0.15) is 5.26 Å². The molecule has 0 saturated heterocycles. The quantitative estimate of drug-likeness (QED) is 0.462. The van der Waals surface area contributed by atoms with Crippen LogP contribution in [0.2, 0.25) is 0 Å². The average molecular weight is 414 g/mol. The van der Waals surface area contributed by atoms with Crippen LogP contribution in [0.3, 0.4) is 0 Å². The minimum Gasteiger partial charge on any atom is -0.493 e. The third-order valence-electron chi connectivity index (χ3n) is 4.45. The molecule has 0 aromatic heterocycles. The van der Waals surface area contributed by atoms with E-state index in [0.29, 0.717) is 40.0 Å². The summed E-state index contributed by atoms with van der Waals surface area (Å²) in [6.07, 6.45) is 1.46. The fraction of sp³-hybridized carbons (Fsp3) is 0.0833. The Labute approximate surface area is 179 Å². The van der Waals surface area contributed by atoms with E-state index in [1.807, 2.05) is 36.4 Å². The fourth-order valence-corrected chi connectivity index (χ4v) is 2.98. The third-order valence-corrected chi connectivity index (χ3v) is 4.45. The first-order valence-corrected chi connectivity index (χ1v) is 9.40. The molecule has 0 fully saturated rings. The van der Waals surface area contributed by atoms with Gasteiger partial charge in [0.15, 0.2) is 11.5 Å². The number of benzene rings is 3. The van der Waals surface area contributed by atoms with Crippen molar-refractivity contribution in [2.24, 2.45) is 0 Å². The van der Waals surface area contributed by atoms with Gasteiger partial charge in [0.25, 0.3) is 5.91 Å². The Hall–Kier alpha value is -4.44. The van der Waals surface area contributed by atoms with E-state index in [1.54, 1.807) is 36.4 Å². The topological polar surface area (TPSA) is 89.8 Å². The number of ether oxygens (including phenoxy) is 4. The Balaban J connectivity index is 1.48. The molecule has 4 rings (SSSR count). The first-order chi connectivity index (χ1) is 15.2. The molecule has 3 aromatic carbocycles. The number of rotatable bonds is 6. The van der Waals surface area contributed by atoms with Crippen LogP contribution in [-0.2, 0) is 4.79 Å². The predicted molar refractivity (Wildman–Crippen MR) is 114 cm³/mol. The van der Waals surface area contributed by atoms with Gasteiger partial charge in [-0.05, 0) is 60.2 Å². The maximum Gasteiger partial charge on any atom is 0.266 e. The molecule has 1 aliphatic rings. The van der Waals surface area contributed by atoms with E-state index in [4.69, 9.17) is 18.9 Å². The Morgan fingerprint density at radius 3 is 2.52 bits per heavy atom. The van der Waals surface area contributed by atoms with Gasteiger partial charge >= 0.3 is 0 Å². The lowest BCUT2D eigenvalue weighted by Gasteiger charge is -2.08. The largest absolute Gasteiger partial charge is 0.493 e. The lowest BCUT2D eigenvalue weighted by molar-refractivity contribution is -0.112. The Morgan fingerprint density at radius 2 is 1.81 bits per heavy atom. The van der Waals surface area contributed by atoms with Crippen molar-refractivity contribution in [3.63, 3.8) is 0 Å². The minimum atomic E-state index is -0.532. The second-order valence-corrected chi connectivity index (χ2v) is 6.52. The zero-order valence-electron chi connectivity index (χ0n) is 16.6. The van der Waals surface area contributed by atoms with Gasteiger partial charge in [-0.25, -0.2) is 0 Å². The van der Waals surface area contributed by atoms with E-state index in [0.717, 1.165) is 0 Å². The van der Waals surface area contributed by atoms with Gasteiger partial charge < -0.3 is 24.3 Å². The Kier molecular flexibility index (Phi) is 5.72. The summed E-state index contributed by atoms with van der Waals surface area (Å²) < 4.78 is 21.8. The third kappa shape index (κ3) is 4.60. The van der Waals surface area contributed by atoms with Crippen molar-refractivity contribution in [2.45, 2.75) is 0 Å². The van der Waals surface area contributed by atoms with Crippen LogP contribution in [0.15, 0.2) is 72.3 Å². The molecular weight excluding hydrogens is 396 g/mol. The highest BCUT2D eigenvalue weighted by Gasteiger charge is 2.20. The second-order valence-electron chi connectivity index (χ2n) is 6.52. The Morgan fingerprint density at radius 1 is 1.06 bits per heavy atom.